The summed E-state index contributed by atoms with van der Waals surface area (Å²) >= 11 is 0. The number of carbonyl (C=O) groups excluding carboxylic acids is 1. The maximum atomic E-state index is 12.4. The zero-order valence-electron chi connectivity index (χ0n) is 14.8. The Kier molecular flexibility index (Phi) is 4.64. The molecule has 0 aromatic heterocycles. The molecule has 1 amide bonds. The van der Waals surface area contributed by atoms with E-state index < -0.39 is 18.1 Å². The average molecular weight is 363 g/mol. The summed E-state index contributed by atoms with van der Waals surface area (Å²) < 4.78 is 23.0. The van der Waals surface area contributed by atoms with Crippen molar-refractivity contribution in [3.8, 4) is 0 Å². The minimum absolute atomic E-state index is 0.0340. The Morgan fingerprint density at radius 2 is 1.92 bits per heavy atom. The lowest BCUT2D eigenvalue weighted by Crippen LogP contribution is -2.68. The topological polar surface area (TPSA) is 86.3 Å². The lowest BCUT2D eigenvalue weighted by atomic mass is 9.90. The zero-order chi connectivity index (χ0) is 18.2. The highest BCUT2D eigenvalue weighted by molar-refractivity contribution is 5.68. The van der Waals surface area contributed by atoms with Gasteiger partial charge < -0.3 is 29.4 Å². The van der Waals surface area contributed by atoms with E-state index in [0.29, 0.717) is 19.8 Å². The van der Waals surface area contributed by atoms with Gasteiger partial charge in [0.05, 0.1) is 19.8 Å². The van der Waals surface area contributed by atoms with Gasteiger partial charge in [0, 0.05) is 12.0 Å². The van der Waals surface area contributed by atoms with E-state index in [2.05, 4.69) is 5.32 Å². The maximum Gasteiger partial charge on any atom is 0.407 e. The minimum Gasteiger partial charge on any atom is -0.445 e. The van der Waals surface area contributed by atoms with E-state index in [1.807, 2.05) is 37.3 Å². The maximum absolute atomic E-state index is 12.4. The van der Waals surface area contributed by atoms with Gasteiger partial charge in [0.1, 0.15) is 12.6 Å². The average Bonchev–Trinajstić information content (AvgIpc) is 3.46. The van der Waals surface area contributed by atoms with Gasteiger partial charge in [0.15, 0.2) is 0 Å². The molecule has 4 fully saturated rings. The summed E-state index contributed by atoms with van der Waals surface area (Å²) in [6.07, 6.45) is 0.237. The summed E-state index contributed by atoms with van der Waals surface area (Å²) in [6.45, 7) is 3.83. The van der Waals surface area contributed by atoms with Crippen LogP contribution < -0.4 is 5.32 Å². The lowest BCUT2D eigenvalue weighted by Gasteiger charge is -2.53. The normalized spacial score (nSPS) is 36.4. The van der Waals surface area contributed by atoms with E-state index in [1.165, 1.54) is 0 Å². The molecule has 3 heterocycles. The summed E-state index contributed by atoms with van der Waals surface area (Å²) in [6, 6.07) is 8.96. The molecule has 2 bridgehead atoms. The van der Waals surface area contributed by atoms with Crippen LogP contribution in [-0.2, 0) is 25.6 Å². The number of nitrogens with one attached hydrogen (secondary N) is 1. The van der Waals surface area contributed by atoms with Crippen molar-refractivity contribution in [3.63, 3.8) is 0 Å². The third-order valence-electron chi connectivity index (χ3n) is 5.37. The Morgan fingerprint density at radius 3 is 2.50 bits per heavy atom. The number of aliphatic hydroxyl groups excluding tert-OH is 1. The highest BCUT2D eigenvalue weighted by Gasteiger charge is 2.61. The predicted octanol–water partition coefficient (Wildman–Crippen LogP) is 1.65. The fourth-order valence-corrected chi connectivity index (χ4v) is 3.58. The molecule has 4 aliphatic rings. The largest absolute Gasteiger partial charge is 0.445 e. The van der Waals surface area contributed by atoms with Crippen LogP contribution in [0.1, 0.15) is 18.9 Å². The Balaban J connectivity index is 1.42. The second-order valence-corrected chi connectivity index (χ2v) is 7.81. The van der Waals surface area contributed by atoms with Crippen LogP contribution in [0.5, 0.6) is 0 Å². The SMILES string of the molecule is CC12COC([C@@H](NC(=O)OCc3ccccc3)[C@H]3C[C@@H]3CO)(OC1)OC2. The van der Waals surface area contributed by atoms with Crippen molar-refractivity contribution < 1.29 is 28.8 Å². The van der Waals surface area contributed by atoms with Gasteiger partial charge in [0.25, 0.3) is 0 Å². The molecule has 7 heteroatoms. The Hall–Kier alpha value is -1.67. The molecule has 0 radical (unpaired) electrons. The molecule has 2 N–H and O–H groups in total. The van der Waals surface area contributed by atoms with Crippen LogP contribution >= 0.6 is 0 Å². The smallest absolute Gasteiger partial charge is 0.407 e. The van der Waals surface area contributed by atoms with Gasteiger partial charge in [-0.2, -0.15) is 0 Å². The van der Waals surface area contributed by atoms with E-state index in [0.717, 1.165) is 12.0 Å². The van der Waals surface area contributed by atoms with Crippen molar-refractivity contribution in [3.05, 3.63) is 35.9 Å². The molecule has 3 saturated heterocycles. The number of amides is 1. The Morgan fingerprint density at radius 1 is 1.27 bits per heavy atom. The van der Waals surface area contributed by atoms with E-state index in [-0.39, 0.29) is 30.5 Å². The summed E-state index contributed by atoms with van der Waals surface area (Å²) in [5.74, 6) is -1.15. The molecule has 142 valence electrons. The van der Waals surface area contributed by atoms with Crippen LogP contribution in [0.2, 0.25) is 0 Å². The van der Waals surface area contributed by atoms with E-state index in [9.17, 15) is 9.90 Å². The Labute approximate surface area is 152 Å². The van der Waals surface area contributed by atoms with Gasteiger partial charge >= 0.3 is 12.1 Å². The molecule has 5 rings (SSSR count). The van der Waals surface area contributed by atoms with Crippen LogP contribution in [0.4, 0.5) is 4.79 Å². The van der Waals surface area contributed by atoms with Crippen LogP contribution in [-0.4, -0.2) is 49.6 Å². The first-order chi connectivity index (χ1) is 12.5. The van der Waals surface area contributed by atoms with Crippen molar-refractivity contribution in [2.75, 3.05) is 26.4 Å². The standard InChI is InChI=1S/C19H25NO6/c1-18-10-24-19(25-11-18,26-12-18)16(15-7-14(15)8-21)20-17(22)23-9-13-5-3-2-4-6-13/h2-6,14-16,21H,7-12H2,1H3,(H,20,22)/t14-,15+,16+,18?,19?/m1/s1. The number of aliphatic hydroxyl groups is 1. The van der Waals surface area contributed by atoms with Gasteiger partial charge in [-0.15, -0.1) is 0 Å². The number of hydrogen-bond donors (Lipinski definition) is 2. The monoisotopic (exact) mass is 363 g/mol. The second-order valence-electron chi connectivity index (χ2n) is 7.81. The lowest BCUT2D eigenvalue weighted by molar-refractivity contribution is -0.475. The fraction of sp³-hybridized carbons (Fsp3) is 0.632. The molecule has 26 heavy (non-hydrogen) atoms. The second kappa shape index (κ2) is 6.81. The molecule has 1 aromatic carbocycles. The predicted molar refractivity (Wildman–Crippen MR) is 90.9 cm³/mol. The first-order valence-corrected chi connectivity index (χ1v) is 9.04. The van der Waals surface area contributed by atoms with E-state index in [1.54, 1.807) is 0 Å². The molecule has 0 spiro atoms. The highest BCUT2D eigenvalue weighted by atomic mass is 16.9. The Bertz CT molecular complexity index is 626. The van der Waals surface area contributed by atoms with Crippen molar-refractivity contribution >= 4 is 6.09 Å². The zero-order valence-corrected chi connectivity index (χ0v) is 14.8. The summed E-state index contributed by atoms with van der Waals surface area (Å²) in [7, 11) is 0. The number of rotatable bonds is 6. The van der Waals surface area contributed by atoms with Crippen molar-refractivity contribution in [2.45, 2.75) is 32.0 Å². The quantitative estimate of drug-likeness (QED) is 0.799. The van der Waals surface area contributed by atoms with Crippen molar-refractivity contribution in [1.29, 1.82) is 0 Å². The minimum atomic E-state index is -1.29. The molecule has 3 atom stereocenters. The molecule has 1 saturated carbocycles. The summed E-state index contributed by atoms with van der Waals surface area (Å²) in [5, 5.41) is 12.3. The molecule has 1 aliphatic carbocycles. The van der Waals surface area contributed by atoms with Crippen molar-refractivity contribution in [1.82, 2.24) is 5.32 Å². The molecule has 3 aliphatic heterocycles. The summed E-state index contributed by atoms with van der Waals surface area (Å²) in [5.41, 5.74) is 0.756. The molecule has 1 aromatic rings. The molecular formula is C19H25NO6. The number of carbonyl (C=O) groups is 1. The van der Waals surface area contributed by atoms with Crippen LogP contribution in [0.25, 0.3) is 0 Å². The van der Waals surface area contributed by atoms with Crippen molar-refractivity contribution in [2.24, 2.45) is 17.3 Å². The van der Waals surface area contributed by atoms with Gasteiger partial charge in [0.2, 0.25) is 0 Å². The van der Waals surface area contributed by atoms with E-state index in [4.69, 9.17) is 18.9 Å². The third-order valence-corrected chi connectivity index (χ3v) is 5.37. The van der Waals surface area contributed by atoms with Crippen LogP contribution in [0.15, 0.2) is 30.3 Å². The van der Waals surface area contributed by atoms with Gasteiger partial charge in [-0.25, -0.2) is 4.79 Å². The highest BCUT2D eigenvalue weighted by Crippen LogP contribution is 2.49. The first kappa shape index (κ1) is 17.7. The fourth-order valence-electron chi connectivity index (χ4n) is 3.58. The van der Waals surface area contributed by atoms with Gasteiger partial charge in [-0.1, -0.05) is 37.3 Å². The molecular weight excluding hydrogens is 338 g/mol. The third kappa shape index (κ3) is 3.44. The van der Waals surface area contributed by atoms with Crippen LogP contribution in [0.3, 0.4) is 0 Å². The number of alkyl carbamates (subject to hydrolysis) is 1. The first-order valence-electron chi connectivity index (χ1n) is 9.04. The molecule has 7 nitrogen and oxygen atoms in total. The van der Waals surface area contributed by atoms with Gasteiger partial charge in [-0.05, 0) is 23.8 Å². The van der Waals surface area contributed by atoms with Gasteiger partial charge in [-0.3, -0.25) is 0 Å². The number of ether oxygens (including phenoxy) is 4. The summed E-state index contributed by atoms with van der Waals surface area (Å²) in [4.78, 5) is 12.4. The number of fused-ring (bicyclic) bond motifs is 3. The number of hydrogen-bond acceptors (Lipinski definition) is 6. The van der Waals surface area contributed by atoms with E-state index >= 15 is 0 Å². The number of benzene rings is 1. The molecule has 0 unspecified atom stereocenters. The van der Waals surface area contributed by atoms with Crippen LogP contribution in [0, 0.1) is 17.3 Å².